The predicted molar refractivity (Wildman–Crippen MR) is 66.0 cm³/mol. The molecule has 0 aliphatic carbocycles. The van der Waals surface area contributed by atoms with Gasteiger partial charge in [-0.3, -0.25) is 0 Å². The van der Waals surface area contributed by atoms with Gasteiger partial charge in [-0.1, -0.05) is 12.2 Å². The summed E-state index contributed by atoms with van der Waals surface area (Å²) in [5, 5.41) is 0. The lowest BCUT2D eigenvalue weighted by Crippen LogP contribution is -2.10. The molecule has 0 atom stereocenters. The van der Waals surface area contributed by atoms with Gasteiger partial charge in [0.05, 0.1) is 7.11 Å². The molecule has 0 bridgehead atoms. The van der Waals surface area contributed by atoms with Crippen LogP contribution in [0, 0.1) is 0 Å². The SMILES string of the molecule is CCOCOc1cc(OC)cc(C(N)=S)c1. The number of rotatable bonds is 6. The summed E-state index contributed by atoms with van der Waals surface area (Å²) in [6.45, 7) is 2.70. The van der Waals surface area contributed by atoms with E-state index in [1.807, 2.05) is 6.92 Å². The first-order chi connectivity index (χ1) is 7.67. The number of methoxy groups -OCH3 is 1. The standard InChI is InChI=1S/C11H15NO3S/c1-3-14-7-15-10-5-8(11(12)16)4-9(6-10)13-2/h4-6H,3,7H2,1-2H3,(H2,12,16). The molecule has 0 spiro atoms. The summed E-state index contributed by atoms with van der Waals surface area (Å²) in [7, 11) is 1.57. The molecule has 1 aromatic carbocycles. The Balaban J connectivity index is 2.82. The van der Waals surface area contributed by atoms with Crippen molar-refractivity contribution in [1.82, 2.24) is 0 Å². The van der Waals surface area contributed by atoms with Crippen molar-refractivity contribution in [3.05, 3.63) is 23.8 Å². The van der Waals surface area contributed by atoms with Gasteiger partial charge in [0.1, 0.15) is 16.5 Å². The Bertz CT molecular complexity index is 368. The van der Waals surface area contributed by atoms with Crippen LogP contribution in [0.3, 0.4) is 0 Å². The highest BCUT2D eigenvalue weighted by atomic mass is 32.1. The molecule has 4 nitrogen and oxygen atoms in total. The lowest BCUT2D eigenvalue weighted by molar-refractivity contribution is 0.0223. The maximum absolute atomic E-state index is 5.55. The lowest BCUT2D eigenvalue weighted by atomic mass is 10.2. The summed E-state index contributed by atoms with van der Waals surface area (Å²) in [4.78, 5) is 0.306. The van der Waals surface area contributed by atoms with Crippen molar-refractivity contribution in [3.8, 4) is 11.5 Å². The third kappa shape index (κ3) is 3.67. The van der Waals surface area contributed by atoms with Crippen LogP contribution in [0.25, 0.3) is 0 Å². The van der Waals surface area contributed by atoms with Gasteiger partial charge >= 0.3 is 0 Å². The molecule has 1 rings (SSSR count). The monoisotopic (exact) mass is 241 g/mol. The number of nitrogens with two attached hydrogens (primary N) is 1. The van der Waals surface area contributed by atoms with Gasteiger partial charge in [-0.2, -0.15) is 0 Å². The molecule has 0 aliphatic rings. The Hall–Kier alpha value is -1.33. The average Bonchev–Trinajstić information content (AvgIpc) is 2.29. The minimum atomic E-state index is 0.195. The third-order valence-electron chi connectivity index (χ3n) is 1.91. The Morgan fingerprint density at radius 2 is 2.00 bits per heavy atom. The fourth-order valence-electron chi connectivity index (χ4n) is 1.11. The van der Waals surface area contributed by atoms with Crippen molar-refractivity contribution in [2.24, 2.45) is 5.73 Å². The molecule has 0 aliphatic heterocycles. The van der Waals surface area contributed by atoms with Crippen molar-refractivity contribution >= 4 is 17.2 Å². The van der Waals surface area contributed by atoms with E-state index < -0.39 is 0 Å². The van der Waals surface area contributed by atoms with Crippen LogP contribution in [0.5, 0.6) is 11.5 Å². The number of hydrogen-bond donors (Lipinski definition) is 1. The first-order valence-electron chi connectivity index (χ1n) is 4.86. The molecule has 88 valence electrons. The van der Waals surface area contributed by atoms with Crippen LogP contribution in [0.15, 0.2) is 18.2 Å². The van der Waals surface area contributed by atoms with Crippen LogP contribution >= 0.6 is 12.2 Å². The zero-order chi connectivity index (χ0) is 12.0. The van der Waals surface area contributed by atoms with Crippen LogP contribution in [0.2, 0.25) is 0 Å². The highest BCUT2D eigenvalue weighted by Crippen LogP contribution is 2.22. The molecule has 0 amide bonds. The Morgan fingerprint density at radius 1 is 1.31 bits per heavy atom. The van der Waals surface area contributed by atoms with Crippen molar-refractivity contribution in [1.29, 1.82) is 0 Å². The first-order valence-corrected chi connectivity index (χ1v) is 5.27. The molecule has 1 aromatic rings. The molecular weight excluding hydrogens is 226 g/mol. The molecule has 5 heteroatoms. The highest BCUT2D eigenvalue weighted by Gasteiger charge is 2.04. The van der Waals surface area contributed by atoms with E-state index in [4.69, 9.17) is 32.2 Å². The molecule has 0 fully saturated rings. The maximum atomic E-state index is 5.55. The van der Waals surface area contributed by atoms with Gasteiger partial charge in [-0.25, -0.2) is 0 Å². The molecule has 16 heavy (non-hydrogen) atoms. The normalized spacial score (nSPS) is 9.88. The summed E-state index contributed by atoms with van der Waals surface area (Å²) in [5.74, 6) is 1.27. The van der Waals surface area contributed by atoms with Crippen molar-refractivity contribution in [3.63, 3.8) is 0 Å². The van der Waals surface area contributed by atoms with Crippen LogP contribution in [0.4, 0.5) is 0 Å². The summed E-state index contributed by atoms with van der Waals surface area (Å²) >= 11 is 4.90. The minimum absolute atomic E-state index is 0.195. The summed E-state index contributed by atoms with van der Waals surface area (Å²) in [6, 6.07) is 5.26. The second-order valence-electron chi connectivity index (χ2n) is 3.02. The number of ether oxygens (including phenoxy) is 3. The van der Waals surface area contributed by atoms with E-state index in [1.54, 1.807) is 25.3 Å². The fraction of sp³-hybridized carbons (Fsp3) is 0.364. The van der Waals surface area contributed by atoms with Gasteiger partial charge in [0, 0.05) is 18.2 Å². The summed E-state index contributed by atoms with van der Waals surface area (Å²) in [5.41, 5.74) is 6.26. The molecule has 2 N–H and O–H groups in total. The van der Waals surface area contributed by atoms with E-state index in [0.29, 0.717) is 28.7 Å². The largest absolute Gasteiger partial charge is 0.497 e. The Labute approximate surface area is 100 Å². The molecular formula is C11H15NO3S. The van der Waals surface area contributed by atoms with Gasteiger partial charge in [-0.05, 0) is 19.1 Å². The summed E-state index contributed by atoms with van der Waals surface area (Å²) in [6.07, 6.45) is 0. The van der Waals surface area contributed by atoms with Gasteiger partial charge in [0.15, 0.2) is 6.79 Å². The van der Waals surface area contributed by atoms with Gasteiger partial charge in [-0.15, -0.1) is 0 Å². The molecule has 0 saturated heterocycles. The van der Waals surface area contributed by atoms with E-state index in [-0.39, 0.29) is 6.79 Å². The van der Waals surface area contributed by atoms with E-state index in [0.717, 1.165) is 0 Å². The van der Waals surface area contributed by atoms with Crippen LogP contribution in [-0.2, 0) is 4.74 Å². The smallest absolute Gasteiger partial charge is 0.189 e. The van der Waals surface area contributed by atoms with E-state index in [1.165, 1.54) is 0 Å². The molecule has 0 aromatic heterocycles. The van der Waals surface area contributed by atoms with Crippen molar-refractivity contribution < 1.29 is 14.2 Å². The molecule has 0 unspecified atom stereocenters. The van der Waals surface area contributed by atoms with Crippen LogP contribution < -0.4 is 15.2 Å². The van der Waals surface area contributed by atoms with E-state index in [9.17, 15) is 0 Å². The maximum Gasteiger partial charge on any atom is 0.189 e. The lowest BCUT2D eigenvalue weighted by Gasteiger charge is -2.09. The van der Waals surface area contributed by atoms with Crippen LogP contribution in [-0.4, -0.2) is 25.5 Å². The summed E-state index contributed by atoms with van der Waals surface area (Å²) < 4.78 is 15.6. The zero-order valence-corrected chi connectivity index (χ0v) is 10.2. The van der Waals surface area contributed by atoms with Crippen LogP contribution in [0.1, 0.15) is 12.5 Å². The Morgan fingerprint density at radius 3 is 2.56 bits per heavy atom. The molecule has 0 radical (unpaired) electrons. The molecule has 0 heterocycles. The molecule has 0 saturated carbocycles. The fourth-order valence-corrected chi connectivity index (χ4v) is 1.23. The highest BCUT2D eigenvalue weighted by molar-refractivity contribution is 7.80. The van der Waals surface area contributed by atoms with Gasteiger partial charge in [0.2, 0.25) is 0 Å². The third-order valence-corrected chi connectivity index (χ3v) is 2.15. The van der Waals surface area contributed by atoms with Gasteiger partial charge < -0.3 is 19.9 Å². The number of benzene rings is 1. The van der Waals surface area contributed by atoms with E-state index >= 15 is 0 Å². The predicted octanol–water partition coefficient (Wildman–Crippen LogP) is 1.70. The van der Waals surface area contributed by atoms with Crippen molar-refractivity contribution in [2.75, 3.05) is 20.5 Å². The zero-order valence-electron chi connectivity index (χ0n) is 9.36. The number of thiocarbonyl (C=S) groups is 1. The van der Waals surface area contributed by atoms with E-state index in [2.05, 4.69) is 0 Å². The van der Waals surface area contributed by atoms with Gasteiger partial charge in [0.25, 0.3) is 0 Å². The Kier molecular flexibility index (Phi) is 5.01. The van der Waals surface area contributed by atoms with Crippen molar-refractivity contribution in [2.45, 2.75) is 6.92 Å². The minimum Gasteiger partial charge on any atom is -0.497 e. The average molecular weight is 241 g/mol. The first kappa shape index (κ1) is 12.7. The second-order valence-corrected chi connectivity index (χ2v) is 3.46. The topological polar surface area (TPSA) is 53.7 Å². The second kappa shape index (κ2) is 6.30. The number of hydrogen-bond acceptors (Lipinski definition) is 4. The quantitative estimate of drug-likeness (QED) is 0.467.